The van der Waals surface area contributed by atoms with Crippen LogP contribution in [0.2, 0.25) is 0 Å². The normalized spacial score (nSPS) is 12.6. The first kappa shape index (κ1) is 15.1. The van der Waals surface area contributed by atoms with E-state index in [0.717, 1.165) is 44.8 Å². The Bertz CT molecular complexity index is 901. The topological polar surface area (TPSA) is 47.5 Å². The third-order valence-corrected chi connectivity index (χ3v) is 4.63. The SMILES string of the molecule is CCSc1nc(N(C)c2ccc3c(c2)OCO3)c2ccccc2n1. The largest absolute Gasteiger partial charge is 0.454 e. The summed E-state index contributed by atoms with van der Waals surface area (Å²) in [6.07, 6.45) is 0. The van der Waals surface area contributed by atoms with Gasteiger partial charge in [0.05, 0.1) is 5.52 Å². The molecule has 0 bridgehead atoms. The lowest BCUT2D eigenvalue weighted by molar-refractivity contribution is 0.174. The van der Waals surface area contributed by atoms with E-state index in [0.29, 0.717) is 0 Å². The fourth-order valence-electron chi connectivity index (χ4n) is 2.70. The molecule has 0 atom stereocenters. The lowest BCUT2D eigenvalue weighted by atomic mass is 10.2. The Labute approximate surface area is 144 Å². The Balaban J connectivity index is 1.82. The Morgan fingerprint density at radius 3 is 2.79 bits per heavy atom. The molecule has 5 nitrogen and oxygen atoms in total. The van der Waals surface area contributed by atoms with Crippen molar-refractivity contribution in [1.82, 2.24) is 9.97 Å². The summed E-state index contributed by atoms with van der Waals surface area (Å²) in [7, 11) is 2.01. The van der Waals surface area contributed by atoms with E-state index in [1.165, 1.54) is 0 Å². The Morgan fingerprint density at radius 2 is 1.92 bits per heavy atom. The number of benzene rings is 2. The van der Waals surface area contributed by atoms with Gasteiger partial charge in [0.1, 0.15) is 5.82 Å². The summed E-state index contributed by atoms with van der Waals surface area (Å²) in [6, 6.07) is 14.0. The number of rotatable bonds is 4. The molecule has 3 aromatic rings. The van der Waals surface area contributed by atoms with E-state index in [1.54, 1.807) is 11.8 Å². The molecular formula is C18H17N3O2S. The molecule has 0 aliphatic carbocycles. The van der Waals surface area contributed by atoms with Gasteiger partial charge in [0.2, 0.25) is 6.79 Å². The van der Waals surface area contributed by atoms with Gasteiger partial charge in [-0.15, -0.1) is 0 Å². The standard InChI is InChI=1S/C18H17N3O2S/c1-3-24-18-19-14-7-5-4-6-13(14)17(20-18)21(2)12-8-9-15-16(10-12)23-11-22-15/h4-10H,3,11H2,1-2H3. The van der Waals surface area contributed by atoms with Crippen molar-refractivity contribution in [1.29, 1.82) is 0 Å². The van der Waals surface area contributed by atoms with Gasteiger partial charge in [0.25, 0.3) is 0 Å². The fraction of sp³-hybridized carbons (Fsp3) is 0.222. The zero-order valence-corrected chi connectivity index (χ0v) is 14.3. The highest BCUT2D eigenvalue weighted by Gasteiger charge is 2.18. The van der Waals surface area contributed by atoms with Crippen LogP contribution in [-0.4, -0.2) is 29.6 Å². The average molecular weight is 339 g/mol. The number of nitrogens with zero attached hydrogens (tertiary/aromatic N) is 3. The van der Waals surface area contributed by atoms with Crippen molar-refractivity contribution >= 4 is 34.2 Å². The molecular weight excluding hydrogens is 322 g/mol. The lowest BCUT2D eigenvalue weighted by Gasteiger charge is -2.21. The van der Waals surface area contributed by atoms with Crippen molar-refractivity contribution in [3.05, 3.63) is 42.5 Å². The first-order valence-electron chi connectivity index (χ1n) is 7.79. The second kappa shape index (κ2) is 6.20. The fourth-order valence-corrected chi connectivity index (χ4v) is 3.28. The lowest BCUT2D eigenvalue weighted by Crippen LogP contribution is -2.12. The van der Waals surface area contributed by atoms with Crippen LogP contribution in [0, 0.1) is 0 Å². The highest BCUT2D eigenvalue weighted by Crippen LogP contribution is 2.38. The number of hydrogen-bond acceptors (Lipinski definition) is 6. The van der Waals surface area contributed by atoms with Gasteiger partial charge in [-0.1, -0.05) is 30.8 Å². The molecule has 24 heavy (non-hydrogen) atoms. The first-order valence-corrected chi connectivity index (χ1v) is 8.78. The zero-order valence-electron chi connectivity index (χ0n) is 13.5. The average Bonchev–Trinajstić information content (AvgIpc) is 3.08. The van der Waals surface area contributed by atoms with Gasteiger partial charge < -0.3 is 14.4 Å². The number of anilines is 2. The maximum absolute atomic E-state index is 5.49. The molecule has 2 aromatic carbocycles. The third kappa shape index (κ3) is 2.63. The van der Waals surface area contributed by atoms with E-state index < -0.39 is 0 Å². The Kier molecular flexibility index (Phi) is 3.90. The van der Waals surface area contributed by atoms with E-state index >= 15 is 0 Å². The summed E-state index contributed by atoms with van der Waals surface area (Å²) in [5.74, 6) is 3.36. The molecule has 0 N–H and O–H groups in total. The van der Waals surface area contributed by atoms with Crippen molar-refractivity contribution in [2.75, 3.05) is 24.5 Å². The molecule has 1 aromatic heterocycles. The van der Waals surface area contributed by atoms with E-state index in [2.05, 4.69) is 22.9 Å². The quantitative estimate of drug-likeness (QED) is 0.523. The van der Waals surface area contributed by atoms with Gasteiger partial charge in [0, 0.05) is 24.2 Å². The first-order chi connectivity index (χ1) is 11.8. The van der Waals surface area contributed by atoms with Crippen molar-refractivity contribution < 1.29 is 9.47 Å². The molecule has 1 aliphatic heterocycles. The van der Waals surface area contributed by atoms with E-state index in [4.69, 9.17) is 14.5 Å². The molecule has 0 spiro atoms. The number of para-hydroxylation sites is 1. The molecule has 0 amide bonds. The van der Waals surface area contributed by atoms with Crippen LogP contribution >= 0.6 is 11.8 Å². The second-order valence-electron chi connectivity index (χ2n) is 5.38. The van der Waals surface area contributed by atoms with Crippen LogP contribution < -0.4 is 14.4 Å². The minimum atomic E-state index is 0.274. The number of aromatic nitrogens is 2. The number of ether oxygens (including phenoxy) is 2. The van der Waals surface area contributed by atoms with Crippen molar-refractivity contribution in [2.45, 2.75) is 12.1 Å². The maximum atomic E-state index is 5.49. The van der Waals surface area contributed by atoms with Gasteiger partial charge in [-0.05, 0) is 30.0 Å². The summed E-state index contributed by atoms with van der Waals surface area (Å²) in [4.78, 5) is 11.5. The monoisotopic (exact) mass is 339 g/mol. The van der Waals surface area contributed by atoms with Crippen LogP contribution in [0.5, 0.6) is 11.5 Å². The number of fused-ring (bicyclic) bond motifs is 2. The van der Waals surface area contributed by atoms with Crippen LogP contribution in [-0.2, 0) is 0 Å². The third-order valence-electron chi connectivity index (χ3n) is 3.90. The number of thioether (sulfide) groups is 1. The van der Waals surface area contributed by atoms with E-state index in [9.17, 15) is 0 Å². The number of hydrogen-bond donors (Lipinski definition) is 0. The second-order valence-corrected chi connectivity index (χ2v) is 6.61. The summed E-state index contributed by atoms with van der Waals surface area (Å²) < 4.78 is 10.9. The summed E-state index contributed by atoms with van der Waals surface area (Å²) >= 11 is 1.64. The molecule has 122 valence electrons. The molecule has 4 rings (SSSR count). The van der Waals surface area contributed by atoms with Crippen molar-refractivity contribution in [2.24, 2.45) is 0 Å². The molecule has 0 fully saturated rings. The van der Waals surface area contributed by atoms with Crippen LogP contribution in [0.3, 0.4) is 0 Å². The smallest absolute Gasteiger partial charge is 0.231 e. The molecule has 2 heterocycles. The molecule has 0 radical (unpaired) electrons. The van der Waals surface area contributed by atoms with Crippen LogP contribution in [0.25, 0.3) is 10.9 Å². The van der Waals surface area contributed by atoms with Crippen LogP contribution in [0.1, 0.15) is 6.92 Å². The molecule has 1 aliphatic rings. The van der Waals surface area contributed by atoms with Crippen molar-refractivity contribution in [3.63, 3.8) is 0 Å². The minimum Gasteiger partial charge on any atom is -0.454 e. The van der Waals surface area contributed by atoms with Gasteiger partial charge in [0.15, 0.2) is 16.7 Å². The highest BCUT2D eigenvalue weighted by atomic mass is 32.2. The van der Waals surface area contributed by atoms with E-state index in [1.807, 2.05) is 43.4 Å². The van der Waals surface area contributed by atoms with Crippen LogP contribution in [0.15, 0.2) is 47.6 Å². The minimum absolute atomic E-state index is 0.274. The Hall–Kier alpha value is -2.47. The summed E-state index contributed by atoms with van der Waals surface area (Å²) in [5.41, 5.74) is 1.95. The Morgan fingerprint density at radius 1 is 1.08 bits per heavy atom. The molecule has 0 unspecified atom stereocenters. The van der Waals surface area contributed by atoms with Crippen molar-refractivity contribution in [3.8, 4) is 11.5 Å². The van der Waals surface area contributed by atoms with Gasteiger partial charge in [-0.3, -0.25) is 0 Å². The molecule has 0 saturated heterocycles. The van der Waals surface area contributed by atoms with Gasteiger partial charge >= 0.3 is 0 Å². The predicted molar refractivity (Wildman–Crippen MR) is 96.6 cm³/mol. The van der Waals surface area contributed by atoms with Gasteiger partial charge in [-0.2, -0.15) is 0 Å². The predicted octanol–water partition coefficient (Wildman–Crippen LogP) is 4.24. The molecule has 0 saturated carbocycles. The summed E-state index contributed by atoms with van der Waals surface area (Å²) in [5, 5.41) is 1.82. The molecule has 6 heteroatoms. The zero-order chi connectivity index (χ0) is 16.5. The summed E-state index contributed by atoms with van der Waals surface area (Å²) in [6.45, 7) is 2.38. The maximum Gasteiger partial charge on any atom is 0.231 e. The van der Waals surface area contributed by atoms with Gasteiger partial charge in [-0.25, -0.2) is 9.97 Å². The van der Waals surface area contributed by atoms with E-state index in [-0.39, 0.29) is 6.79 Å². The highest BCUT2D eigenvalue weighted by molar-refractivity contribution is 7.99. The van der Waals surface area contributed by atoms with Crippen LogP contribution in [0.4, 0.5) is 11.5 Å².